The van der Waals surface area contributed by atoms with Crippen LogP contribution in [0.25, 0.3) is 0 Å². The predicted octanol–water partition coefficient (Wildman–Crippen LogP) is -0.479. The summed E-state index contributed by atoms with van der Waals surface area (Å²) in [5, 5.41) is 11.0. The molecule has 11 heavy (non-hydrogen) atoms. The van der Waals surface area contributed by atoms with E-state index in [1.165, 1.54) is 0 Å². The Kier molecular flexibility index (Phi) is 7.08. The van der Waals surface area contributed by atoms with E-state index in [2.05, 4.69) is 5.32 Å². The zero-order chi connectivity index (χ0) is 8.53. The van der Waals surface area contributed by atoms with Gasteiger partial charge in [0, 0.05) is 13.0 Å². The normalized spacial score (nSPS) is 9.64. The first kappa shape index (κ1) is 10.4. The van der Waals surface area contributed by atoms with Gasteiger partial charge in [0.25, 0.3) is 0 Å². The lowest BCUT2D eigenvalue weighted by Gasteiger charge is -2.03. The first-order valence-corrected chi connectivity index (χ1v) is 3.76. The minimum Gasteiger partial charge on any atom is -0.394 e. The van der Waals surface area contributed by atoms with Crippen molar-refractivity contribution in [3.05, 3.63) is 0 Å². The maximum absolute atomic E-state index is 10.6. The third-order valence-electron chi connectivity index (χ3n) is 1.13. The maximum atomic E-state index is 10.6. The van der Waals surface area contributed by atoms with Crippen LogP contribution < -0.4 is 5.32 Å². The summed E-state index contributed by atoms with van der Waals surface area (Å²) in [5.74, 6) is 0.0256. The Labute approximate surface area is 66.5 Å². The summed E-state index contributed by atoms with van der Waals surface area (Å²) >= 11 is 0. The minimum atomic E-state index is 0.0256. The molecule has 0 aliphatic heterocycles. The van der Waals surface area contributed by atoms with E-state index in [4.69, 9.17) is 9.84 Å². The number of hydrogen-bond donors (Lipinski definition) is 2. The van der Waals surface area contributed by atoms with Gasteiger partial charge in [-0.05, 0) is 0 Å². The maximum Gasteiger partial charge on any atom is 0.219 e. The van der Waals surface area contributed by atoms with Crippen LogP contribution in [0.3, 0.4) is 0 Å². The fourth-order valence-electron chi connectivity index (χ4n) is 0.554. The number of carbonyl (C=O) groups is 1. The number of rotatable bonds is 6. The highest BCUT2D eigenvalue weighted by Crippen LogP contribution is 1.75. The Balaban J connectivity index is 2.95. The molecule has 0 saturated carbocycles. The molecule has 4 nitrogen and oxygen atoms in total. The second kappa shape index (κ2) is 7.50. The van der Waals surface area contributed by atoms with Crippen LogP contribution in [-0.4, -0.2) is 37.4 Å². The van der Waals surface area contributed by atoms with Crippen molar-refractivity contribution >= 4 is 5.91 Å². The lowest BCUT2D eigenvalue weighted by molar-refractivity contribution is -0.121. The molecule has 0 radical (unpaired) electrons. The standard InChI is InChI=1S/C7H15NO3/c1-2-7(10)8-3-5-11-6-4-9/h9H,2-6H2,1H3,(H,8,10). The molecule has 0 aromatic carbocycles. The average Bonchev–Trinajstić information content (AvgIpc) is 2.04. The molecule has 0 bridgehead atoms. The number of ether oxygens (including phenoxy) is 1. The molecular weight excluding hydrogens is 146 g/mol. The Morgan fingerprint density at radius 3 is 2.82 bits per heavy atom. The van der Waals surface area contributed by atoms with Gasteiger partial charge in [0.05, 0.1) is 19.8 Å². The quantitative estimate of drug-likeness (QED) is 0.517. The molecule has 0 aromatic heterocycles. The fourth-order valence-corrected chi connectivity index (χ4v) is 0.554. The Morgan fingerprint density at radius 1 is 1.55 bits per heavy atom. The van der Waals surface area contributed by atoms with E-state index >= 15 is 0 Å². The number of amides is 1. The van der Waals surface area contributed by atoms with Gasteiger partial charge in [-0.15, -0.1) is 0 Å². The summed E-state index contributed by atoms with van der Waals surface area (Å²) < 4.78 is 4.91. The first-order chi connectivity index (χ1) is 5.31. The lowest BCUT2D eigenvalue weighted by Crippen LogP contribution is -2.26. The number of aliphatic hydroxyl groups is 1. The van der Waals surface area contributed by atoms with Crippen LogP contribution in [0, 0.1) is 0 Å². The first-order valence-electron chi connectivity index (χ1n) is 3.76. The molecule has 4 heteroatoms. The van der Waals surface area contributed by atoms with Crippen molar-refractivity contribution in [3.8, 4) is 0 Å². The smallest absolute Gasteiger partial charge is 0.219 e. The molecule has 0 heterocycles. The van der Waals surface area contributed by atoms with Crippen molar-refractivity contribution in [2.45, 2.75) is 13.3 Å². The number of nitrogens with one attached hydrogen (secondary N) is 1. The van der Waals surface area contributed by atoms with Gasteiger partial charge in [0.1, 0.15) is 0 Å². The second-order valence-corrected chi connectivity index (χ2v) is 2.04. The molecular formula is C7H15NO3. The lowest BCUT2D eigenvalue weighted by atomic mass is 10.4. The molecule has 0 unspecified atom stereocenters. The van der Waals surface area contributed by atoms with Crippen molar-refractivity contribution < 1.29 is 14.6 Å². The van der Waals surface area contributed by atoms with Gasteiger partial charge in [-0.2, -0.15) is 0 Å². The fraction of sp³-hybridized carbons (Fsp3) is 0.857. The van der Waals surface area contributed by atoms with E-state index in [1.807, 2.05) is 0 Å². The predicted molar refractivity (Wildman–Crippen MR) is 41.2 cm³/mol. The molecule has 1 amide bonds. The summed E-state index contributed by atoms with van der Waals surface area (Å²) in [4.78, 5) is 10.6. The third kappa shape index (κ3) is 7.29. The van der Waals surface area contributed by atoms with Gasteiger partial charge < -0.3 is 15.2 Å². The van der Waals surface area contributed by atoms with Crippen LogP contribution in [0.2, 0.25) is 0 Å². The molecule has 0 aromatic rings. The van der Waals surface area contributed by atoms with Gasteiger partial charge in [0.15, 0.2) is 0 Å². The monoisotopic (exact) mass is 161 g/mol. The minimum absolute atomic E-state index is 0.0256. The Bertz CT molecular complexity index is 106. The molecule has 0 saturated heterocycles. The van der Waals surface area contributed by atoms with Gasteiger partial charge in [0.2, 0.25) is 5.91 Å². The van der Waals surface area contributed by atoms with E-state index in [-0.39, 0.29) is 12.5 Å². The van der Waals surface area contributed by atoms with E-state index in [9.17, 15) is 4.79 Å². The average molecular weight is 161 g/mol. The van der Waals surface area contributed by atoms with Crippen molar-refractivity contribution in [1.29, 1.82) is 0 Å². The zero-order valence-corrected chi connectivity index (χ0v) is 6.80. The summed E-state index contributed by atoms with van der Waals surface area (Å²) in [6, 6.07) is 0. The molecule has 0 fully saturated rings. The zero-order valence-electron chi connectivity index (χ0n) is 6.80. The molecule has 0 spiro atoms. The van der Waals surface area contributed by atoms with E-state index in [1.54, 1.807) is 6.92 Å². The molecule has 0 rings (SSSR count). The number of aliphatic hydroxyl groups excluding tert-OH is 1. The van der Waals surface area contributed by atoms with Crippen molar-refractivity contribution in [2.75, 3.05) is 26.4 Å². The van der Waals surface area contributed by atoms with Gasteiger partial charge in [-0.25, -0.2) is 0 Å². The summed E-state index contributed by atoms with van der Waals surface area (Å²) in [6.07, 6.45) is 0.500. The van der Waals surface area contributed by atoms with Gasteiger partial charge in [-0.3, -0.25) is 4.79 Å². The summed E-state index contributed by atoms with van der Waals surface area (Å²) in [7, 11) is 0. The highest BCUT2D eigenvalue weighted by molar-refractivity contribution is 5.75. The topological polar surface area (TPSA) is 58.6 Å². The third-order valence-corrected chi connectivity index (χ3v) is 1.13. The van der Waals surface area contributed by atoms with Crippen LogP contribution in [0.4, 0.5) is 0 Å². The van der Waals surface area contributed by atoms with Gasteiger partial charge in [-0.1, -0.05) is 6.92 Å². The SMILES string of the molecule is CCC(=O)NCCOCCO. The highest BCUT2D eigenvalue weighted by Gasteiger charge is 1.93. The van der Waals surface area contributed by atoms with Crippen molar-refractivity contribution in [3.63, 3.8) is 0 Å². The molecule has 2 N–H and O–H groups in total. The second-order valence-electron chi connectivity index (χ2n) is 2.04. The summed E-state index contributed by atoms with van der Waals surface area (Å²) in [5.41, 5.74) is 0. The van der Waals surface area contributed by atoms with Crippen LogP contribution in [0.1, 0.15) is 13.3 Å². The van der Waals surface area contributed by atoms with Crippen molar-refractivity contribution in [1.82, 2.24) is 5.32 Å². The number of carbonyl (C=O) groups excluding carboxylic acids is 1. The van der Waals surface area contributed by atoms with E-state index in [0.717, 1.165) is 0 Å². The molecule has 0 atom stereocenters. The van der Waals surface area contributed by atoms with Crippen LogP contribution in [-0.2, 0) is 9.53 Å². The van der Waals surface area contributed by atoms with E-state index in [0.29, 0.717) is 26.2 Å². The summed E-state index contributed by atoms with van der Waals surface area (Å²) in [6.45, 7) is 3.15. The largest absolute Gasteiger partial charge is 0.394 e. The molecule has 0 aliphatic carbocycles. The van der Waals surface area contributed by atoms with Crippen LogP contribution in [0.5, 0.6) is 0 Å². The number of hydrogen-bond acceptors (Lipinski definition) is 3. The molecule has 66 valence electrons. The molecule has 0 aliphatic rings. The van der Waals surface area contributed by atoms with Crippen LogP contribution in [0.15, 0.2) is 0 Å². The van der Waals surface area contributed by atoms with Gasteiger partial charge >= 0.3 is 0 Å². The van der Waals surface area contributed by atoms with Crippen LogP contribution >= 0.6 is 0 Å². The Morgan fingerprint density at radius 2 is 2.27 bits per heavy atom. The Hall–Kier alpha value is -0.610. The highest BCUT2D eigenvalue weighted by atomic mass is 16.5. The van der Waals surface area contributed by atoms with Crippen molar-refractivity contribution in [2.24, 2.45) is 0 Å². The van der Waals surface area contributed by atoms with E-state index < -0.39 is 0 Å².